The Bertz CT molecular complexity index is 645. The monoisotopic (exact) mass is 286 g/mol. The second kappa shape index (κ2) is 5.21. The number of ether oxygens (including phenoxy) is 1. The Kier molecular flexibility index (Phi) is 3.73. The second-order valence-electron chi connectivity index (χ2n) is 5.75. The lowest BCUT2D eigenvalue weighted by molar-refractivity contribution is -0.126. The fourth-order valence-corrected chi connectivity index (χ4v) is 2.52. The number of imide groups is 1. The maximum absolute atomic E-state index is 12.8. The van der Waals surface area contributed by atoms with Crippen LogP contribution in [0.25, 0.3) is 0 Å². The Morgan fingerprint density at radius 3 is 2.52 bits per heavy atom. The lowest BCUT2D eigenvalue weighted by Crippen LogP contribution is -2.37. The van der Waals surface area contributed by atoms with Crippen LogP contribution in [0.1, 0.15) is 32.8 Å². The van der Waals surface area contributed by atoms with E-state index in [0.29, 0.717) is 5.75 Å². The van der Waals surface area contributed by atoms with Crippen LogP contribution in [0.15, 0.2) is 18.2 Å². The minimum Gasteiger partial charge on any atom is -0.495 e. The first-order valence-electron chi connectivity index (χ1n) is 6.81. The molecule has 1 aromatic rings. The van der Waals surface area contributed by atoms with Crippen molar-refractivity contribution in [2.75, 3.05) is 12.0 Å². The normalized spacial score (nSPS) is 21.8. The van der Waals surface area contributed by atoms with Crippen molar-refractivity contribution in [3.8, 4) is 11.8 Å². The Balaban J connectivity index is 2.61. The summed E-state index contributed by atoms with van der Waals surface area (Å²) in [5.41, 5.74) is -0.240. The van der Waals surface area contributed by atoms with E-state index in [0.717, 1.165) is 4.90 Å². The van der Waals surface area contributed by atoms with Crippen molar-refractivity contribution < 1.29 is 14.3 Å². The molecule has 2 amide bonds. The molecule has 1 atom stereocenters. The minimum atomic E-state index is -0.745. The van der Waals surface area contributed by atoms with Crippen LogP contribution in [-0.2, 0) is 9.59 Å². The zero-order valence-electron chi connectivity index (χ0n) is 12.6. The lowest BCUT2D eigenvalue weighted by atomic mass is 9.78. The summed E-state index contributed by atoms with van der Waals surface area (Å²) >= 11 is 0. The predicted molar refractivity (Wildman–Crippen MR) is 77.8 cm³/mol. The van der Waals surface area contributed by atoms with Gasteiger partial charge in [0.1, 0.15) is 17.5 Å². The fourth-order valence-electron chi connectivity index (χ4n) is 2.52. The Labute approximate surface area is 124 Å². The van der Waals surface area contributed by atoms with Gasteiger partial charge < -0.3 is 4.74 Å². The quantitative estimate of drug-likeness (QED) is 0.800. The number of amides is 2. The highest BCUT2D eigenvalue weighted by atomic mass is 16.5. The van der Waals surface area contributed by atoms with E-state index in [-0.39, 0.29) is 35.4 Å². The number of nitriles is 1. The maximum Gasteiger partial charge on any atom is 0.240 e. The van der Waals surface area contributed by atoms with Gasteiger partial charge in [-0.05, 0) is 25.0 Å². The maximum atomic E-state index is 12.8. The number of hydrogen-bond acceptors (Lipinski definition) is 4. The molecule has 5 heteroatoms. The predicted octanol–water partition coefficient (Wildman–Crippen LogP) is 2.49. The molecule has 5 nitrogen and oxygen atoms in total. The molecule has 1 aliphatic rings. The number of para-hydroxylation sites is 1. The van der Waals surface area contributed by atoms with Gasteiger partial charge in [0, 0.05) is 6.42 Å². The lowest BCUT2D eigenvalue weighted by Gasteiger charge is -2.26. The molecule has 0 bridgehead atoms. The number of carbonyl (C=O) groups excluding carboxylic acids is 2. The largest absolute Gasteiger partial charge is 0.495 e. The number of benzene rings is 1. The molecule has 0 spiro atoms. The molecule has 1 saturated heterocycles. The van der Waals surface area contributed by atoms with Crippen LogP contribution in [0.3, 0.4) is 0 Å². The fraction of sp³-hybridized carbons (Fsp3) is 0.438. The van der Waals surface area contributed by atoms with Crippen LogP contribution in [0.5, 0.6) is 5.75 Å². The molecule has 0 aliphatic carbocycles. The summed E-state index contributed by atoms with van der Waals surface area (Å²) in [5, 5.41) is 9.26. The van der Waals surface area contributed by atoms with Crippen LogP contribution < -0.4 is 9.64 Å². The zero-order valence-corrected chi connectivity index (χ0v) is 12.6. The van der Waals surface area contributed by atoms with Gasteiger partial charge in [-0.1, -0.05) is 19.9 Å². The minimum absolute atomic E-state index is 0.0270. The smallest absolute Gasteiger partial charge is 0.240 e. The topological polar surface area (TPSA) is 70.4 Å². The summed E-state index contributed by atoms with van der Waals surface area (Å²) in [6.45, 7) is 5.63. The number of hydrogen-bond donors (Lipinski definition) is 0. The van der Waals surface area contributed by atoms with E-state index < -0.39 is 5.41 Å². The van der Waals surface area contributed by atoms with Crippen LogP contribution in [-0.4, -0.2) is 18.9 Å². The third kappa shape index (κ3) is 2.17. The molecular weight excluding hydrogens is 268 g/mol. The van der Waals surface area contributed by atoms with Gasteiger partial charge in [0.2, 0.25) is 11.8 Å². The van der Waals surface area contributed by atoms with E-state index in [2.05, 4.69) is 0 Å². The summed E-state index contributed by atoms with van der Waals surface area (Å²) in [7, 11) is 1.45. The number of anilines is 1. The molecule has 1 unspecified atom stereocenters. The molecule has 0 N–H and O–H groups in total. The van der Waals surface area contributed by atoms with Crippen molar-refractivity contribution in [1.82, 2.24) is 0 Å². The molecule has 1 aliphatic heterocycles. The highest BCUT2D eigenvalue weighted by Crippen LogP contribution is 2.44. The van der Waals surface area contributed by atoms with E-state index in [9.17, 15) is 14.9 Å². The standard InChI is InChI=1S/C16H18N2O3/c1-10(2)16(3)8-13(19)18(15(16)20)14-11(9-17)6-5-7-12(14)21-4/h5-7,10H,8H2,1-4H3. The Morgan fingerprint density at radius 1 is 1.38 bits per heavy atom. The van der Waals surface area contributed by atoms with Crippen LogP contribution in [0.2, 0.25) is 0 Å². The van der Waals surface area contributed by atoms with Crippen molar-refractivity contribution in [1.29, 1.82) is 5.26 Å². The third-order valence-electron chi connectivity index (χ3n) is 4.30. The van der Waals surface area contributed by atoms with Gasteiger partial charge in [0.15, 0.2) is 0 Å². The van der Waals surface area contributed by atoms with Gasteiger partial charge in [0.25, 0.3) is 0 Å². The molecule has 1 heterocycles. The van der Waals surface area contributed by atoms with E-state index >= 15 is 0 Å². The van der Waals surface area contributed by atoms with Gasteiger partial charge in [-0.3, -0.25) is 9.59 Å². The second-order valence-corrected chi connectivity index (χ2v) is 5.75. The first kappa shape index (κ1) is 15.0. The summed E-state index contributed by atoms with van der Waals surface area (Å²) in [4.78, 5) is 26.2. The van der Waals surface area contributed by atoms with Crippen LogP contribution >= 0.6 is 0 Å². The summed E-state index contributed by atoms with van der Waals surface area (Å²) < 4.78 is 5.23. The number of rotatable bonds is 3. The van der Waals surface area contributed by atoms with Gasteiger partial charge in [-0.2, -0.15) is 5.26 Å². The van der Waals surface area contributed by atoms with E-state index in [1.165, 1.54) is 7.11 Å². The number of methoxy groups -OCH3 is 1. The molecule has 0 aromatic heterocycles. The molecule has 1 fully saturated rings. The number of carbonyl (C=O) groups is 2. The van der Waals surface area contributed by atoms with E-state index in [1.807, 2.05) is 19.9 Å². The molecule has 0 radical (unpaired) electrons. The first-order valence-corrected chi connectivity index (χ1v) is 6.81. The van der Waals surface area contributed by atoms with Crippen molar-refractivity contribution in [3.05, 3.63) is 23.8 Å². The SMILES string of the molecule is COc1cccc(C#N)c1N1C(=O)CC(C)(C(C)C)C1=O. The zero-order chi connectivity index (χ0) is 15.8. The van der Waals surface area contributed by atoms with Gasteiger partial charge in [-0.25, -0.2) is 4.90 Å². The number of nitrogens with zero attached hydrogens (tertiary/aromatic N) is 2. The summed E-state index contributed by atoms with van der Waals surface area (Å²) in [6, 6.07) is 6.89. The third-order valence-corrected chi connectivity index (χ3v) is 4.30. The molecule has 1 aromatic carbocycles. The van der Waals surface area contributed by atoms with Gasteiger partial charge in [0.05, 0.1) is 18.1 Å². The van der Waals surface area contributed by atoms with E-state index in [4.69, 9.17) is 4.74 Å². The summed E-state index contributed by atoms with van der Waals surface area (Å²) in [6.07, 6.45) is 0.145. The highest BCUT2D eigenvalue weighted by molar-refractivity contribution is 6.23. The molecule has 2 rings (SSSR count). The van der Waals surface area contributed by atoms with Gasteiger partial charge in [-0.15, -0.1) is 0 Å². The molecule has 110 valence electrons. The molecule has 21 heavy (non-hydrogen) atoms. The van der Waals surface area contributed by atoms with E-state index in [1.54, 1.807) is 25.1 Å². The molecule has 0 saturated carbocycles. The summed E-state index contributed by atoms with van der Waals surface area (Å²) in [5.74, 6) is -0.191. The Hall–Kier alpha value is -2.35. The van der Waals surface area contributed by atoms with Crippen LogP contribution in [0.4, 0.5) is 5.69 Å². The van der Waals surface area contributed by atoms with Crippen molar-refractivity contribution in [2.45, 2.75) is 27.2 Å². The van der Waals surface area contributed by atoms with Crippen molar-refractivity contribution in [3.63, 3.8) is 0 Å². The average Bonchev–Trinajstić information content (AvgIpc) is 2.69. The average molecular weight is 286 g/mol. The first-order chi connectivity index (χ1) is 9.86. The van der Waals surface area contributed by atoms with Gasteiger partial charge >= 0.3 is 0 Å². The highest BCUT2D eigenvalue weighted by Gasteiger charge is 2.51. The van der Waals surface area contributed by atoms with Crippen molar-refractivity contribution >= 4 is 17.5 Å². The van der Waals surface area contributed by atoms with Crippen molar-refractivity contribution in [2.24, 2.45) is 11.3 Å². The molecular formula is C16H18N2O3. The Morgan fingerprint density at radius 2 is 2.05 bits per heavy atom. The van der Waals surface area contributed by atoms with Crippen LogP contribution in [0, 0.1) is 22.7 Å².